The highest BCUT2D eigenvalue weighted by Crippen LogP contribution is 2.33. The summed E-state index contributed by atoms with van der Waals surface area (Å²) in [7, 11) is -0.827. The van der Waals surface area contributed by atoms with Gasteiger partial charge in [-0.05, 0) is 68.2 Å². The lowest BCUT2D eigenvalue weighted by atomic mass is 9.98. The summed E-state index contributed by atoms with van der Waals surface area (Å²) in [4.78, 5) is 0.131. The molecule has 1 unspecified atom stereocenters. The highest BCUT2D eigenvalue weighted by atomic mass is 32.2. The first-order chi connectivity index (χ1) is 15.8. The summed E-state index contributed by atoms with van der Waals surface area (Å²) in [5.41, 5.74) is 0. The maximum atomic E-state index is 13.6. The molecule has 0 radical (unpaired) electrons. The largest absolute Gasteiger partial charge is 0.508 e. The van der Waals surface area contributed by atoms with Gasteiger partial charge >= 0.3 is 0 Å². The van der Waals surface area contributed by atoms with Crippen LogP contribution in [0.25, 0.3) is 0 Å². The third-order valence-corrected chi connectivity index (χ3v) is 7.79. The van der Waals surface area contributed by atoms with Crippen LogP contribution >= 0.6 is 0 Å². The number of ether oxygens (including phenoxy) is 3. The third kappa shape index (κ3) is 6.50. The second kappa shape index (κ2) is 11.6. The number of hydrogen-bond donors (Lipinski definition) is 4. The van der Waals surface area contributed by atoms with Crippen molar-refractivity contribution >= 4 is 9.84 Å². The predicted molar refractivity (Wildman–Crippen MR) is 124 cm³/mol. The number of piperidine rings is 1. The fourth-order valence-corrected chi connectivity index (χ4v) is 5.78. The Morgan fingerprint density at radius 2 is 1.73 bits per heavy atom. The van der Waals surface area contributed by atoms with E-state index in [0.29, 0.717) is 30.1 Å². The van der Waals surface area contributed by atoms with Gasteiger partial charge < -0.3 is 29.7 Å². The SMILES string of the molecule is COc1ccc(S(=O)(=O)C(NC[C@H](O)COc2ccc(O)cc2)C2CCNCC2)cc1OC. The molecule has 0 bridgehead atoms. The smallest absolute Gasteiger partial charge is 0.194 e. The molecule has 0 amide bonds. The second-order valence-corrected chi connectivity index (χ2v) is 10.0. The van der Waals surface area contributed by atoms with E-state index in [-0.39, 0.29) is 29.7 Å². The molecule has 2 aromatic rings. The van der Waals surface area contributed by atoms with Crippen LogP contribution in [0.4, 0.5) is 0 Å². The summed E-state index contributed by atoms with van der Waals surface area (Å²) in [5, 5.41) is 25.2. The number of benzene rings is 2. The summed E-state index contributed by atoms with van der Waals surface area (Å²) in [6, 6.07) is 10.7. The van der Waals surface area contributed by atoms with E-state index in [0.717, 1.165) is 13.1 Å². The zero-order valence-corrected chi connectivity index (χ0v) is 19.7. The Morgan fingerprint density at radius 3 is 2.36 bits per heavy atom. The summed E-state index contributed by atoms with van der Waals surface area (Å²) in [6.07, 6.45) is 0.470. The van der Waals surface area contributed by atoms with Crippen molar-refractivity contribution in [1.82, 2.24) is 10.6 Å². The van der Waals surface area contributed by atoms with Gasteiger partial charge in [-0.15, -0.1) is 0 Å². The van der Waals surface area contributed by atoms with Crippen LogP contribution in [0.1, 0.15) is 12.8 Å². The van der Waals surface area contributed by atoms with Crippen LogP contribution in [0.5, 0.6) is 23.0 Å². The average molecular weight is 481 g/mol. The predicted octanol–water partition coefficient (Wildman–Crippen LogP) is 1.54. The third-order valence-electron chi connectivity index (χ3n) is 5.66. The molecule has 4 N–H and O–H groups in total. The van der Waals surface area contributed by atoms with Gasteiger partial charge in [0.25, 0.3) is 0 Å². The number of phenols is 1. The van der Waals surface area contributed by atoms with Gasteiger partial charge in [-0.2, -0.15) is 0 Å². The Morgan fingerprint density at radius 1 is 1.06 bits per heavy atom. The van der Waals surface area contributed by atoms with Gasteiger partial charge in [-0.1, -0.05) is 0 Å². The molecule has 33 heavy (non-hydrogen) atoms. The maximum Gasteiger partial charge on any atom is 0.194 e. The van der Waals surface area contributed by atoms with Crippen LogP contribution in [-0.2, 0) is 9.84 Å². The molecular formula is C23H32N2O7S. The van der Waals surface area contributed by atoms with Crippen molar-refractivity contribution in [2.75, 3.05) is 40.5 Å². The molecule has 0 spiro atoms. The van der Waals surface area contributed by atoms with Crippen molar-refractivity contribution in [3.05, 3.63) is 42.5 Å². The Balaban J connectivity index is 1.73. The minimum atomic E-state index is -3.78. The lowest BCUT2D eigenvalue weighted by Gasteiger charge is -2.32. The summed E-state index contributed by atoms with van der Waals surface area (Å²) in [6.45, 7) is 1.49. The normalized spacial score (nSPS) is 16.7. The quantitative estimate of drug-likeness (QED) is 0.379. The molecule has 1 fully saturated rings. The number of aromatic hydroxyl groups is 1. The Hall–Kier alpha value is -2.53. The molecule has 10 heteroatoms. The summed E-state index contributed by atoms with van der Waals surface area (Å²) >= 11 is 0. The highest BCUT2D eigenvalue weighted by Gasteiger charge is 2.36. The van der Waals surface area contributed by atoms with Crippen molar-refractivity contribution < 1.29 is 32.8 Å². The van der Waals surface area contributed by atoms with Crippen molar-refractivity contribution in [3.8, 4) is 23.0 Å². The van der Waals surface area contributed by atoms with E-state index in [1.165, 1.54) is 38.5 Å². The number of aliphatic hydroxyl groups is 1. The molecule has 2 atom stereocenters. The van der Waals surface area contributed by atoms with Crippen molar-refractivity contribution in [3.63, 3.8) is 0 Å². The zero-order chi connectivity index (χ0) is 23.8. The average Bonchev–Trinajstić information content (AvgIpc) is 2.83. The minimum Gasteiger partial charge on any atom is -0.508 e. The first kappa shape index (κ1) is 25.1. The van der Waals surface area contributed by atoms with E-state index in [1.54, 1.807) is 18.2 Å². The minimum absolute atomic E-state index is 0.0207. The second-order valence-electron chi connectivity index (χ2n) is 7.94. The van der Waals surface area contributed by atoms with Crippen molar-refractivity contribution in [1.29, 1.82) is 0 Å². The van der Waals surface area contributed by atoms with Gasteiger partial charge in [-0.3, -0.25) is 5.32 Å². The molecule has 9 nitrogen and oxygen atoms in total. The summed E-state index contributed by atoms with van der Waals surface area (Å²) in [5.74, 6) is 1.29. The van der Waals surface area contributed by atoms with Crippen LogP contribution in [0.15, 0.2) is 47.4 Å². The molecule has 1 aliphatic heterocycles. The fraction of sp³-hybridized carbons (Fsp3) is 0.478. The lowest BCUT2D eigenvalue weighted by Crippen LogP contribution is -2.49. The highest BCUT2D eigenvalue weighted by molar-refractivity contribution is 7.92. The van der Waals surface area contributed by atoms with Gasteiger partial charge in [0.1, 0.15) is 29.6 Å². The molecule has 182 valence electrons. The number of methoxy groups -OCH3 is 2. The molecule has 1 aliphatic rings. The molecule has 1 heterocycles. The monoisotopic (exact) mass is 480 g/mol. The van der Waals surface area contributed by atoms with E-state index in [1.807, 2.05) is 0 Å². The maximum absolute atomic E-state index is 13.6. The molecular weight excluding hydrogens is 448 g/mol. The number of hydrogen-bond acceptors (Lipinski definition) is 9. The fourth-order valence-electron chi connectivity index (χ4n) is 3.86. The van der Waals surface area contributed by atoms with Crippen LogP contribution < -0.4 is 24.8 Å². The Labute approximate surface area is 194 Å². The standard InChI is InChI=1S/C23H32N2O7S/c1-30-21-8-7-20(13-22(21)31-2)33(28,29)23(16-9-11-24-12-10-16)25-14-18(27)15-32-19-5-3-17(26)4-6-19/h3-8,13,16,18,23-27H,9-12,14-15H2,1-2H3/t18-,23?/m0/s1. The van der Waals surface area contributed by atoms with Crippen LogP contribution in [0, 0.1) is 5.92 Å². The van der Waals surface area contributed by atoms with Gasteiger partial charge in [-0.25, -0.2) is 8.42 Å². The van der Waals surface area contributed by atoms with Crippen molar-refractivity contribution in [2.24, 2.45) is 5.92 Å². The van der Waals surface area contributed by atoms with Crippen LogP contribution in [-0.4, -0.2) is 70.6 Å². The first-order valence-electron chi connectivity index (χ1n) is 10.8. The van der Waals surface area contributed by atoms with E-state index in [4.69, 9.17) is 14.2 Å². The number of phenolic OH excluding ortho intramolecular Hbond substituents is 1. The molecule has 0 saturated carbocycles. The lowest BCUT2D eigenvalue weighted by molar-refractivity contribution is 0.103. The number of aliphatic hydroxyl groups excluding tert-OH is 1. The van der Waals surface area contributed by atoms with Gasteiger partial charge in [0, 0.05) is 12.6 Å². The van der Waals surface area contributed by atoms with E-state index in [2.05, 4.69) is 10.6 Å². The molecule has 0 aliphatic carbocycles. The number of sulfone groups is 1. The number of nitrogens with one attached hydrogen (secondary N) is 2. The topological polar surface area (TPSA) is 126 Å². The Kier molecular flexibility index (Phi) is 8.79. The van der Waals surface area contributed by atoms with E-state index < -0.39 is 21.3 Å². The summed E-state index contributed by atoms with van der Waals surface area (Å²) < 4.78 is 43.3. The molecule has 0 aromatic heterocycles. The van der Waals surface area contributed by atoms with Crippen molar-refractivity contribution in [2.45, 2.75) is 29.2 Å². The van der Waals surface area contributed by atoms with Gasteiger partial charge in [0.2, 0.25) is 0 Å². The zero-order valence-electron chi connectivity index (χ0n) is 18.9. The molecule has 2 aromatic carbocycles. The van der Waals surface area contributed by atoms with Gasteiger partial charge in [0.05, 0.1) is 19.1 Å². The van der Waals surface area contributed by atoms with Crippen LogP contribution in [0.3, 0.4) is 0 Å². The van der Waals surface area contributed by atoms with E-state index >= 15 is 0 Å². The Bertz CT molecular complexity index is 992. The van der Waals surface area contributed by atoms with Crippen LogP contribution in [0.2, 0.25) is 0 Å². The molecule has 1 saturated heterocycles. The van der Waals surface area contributed by atoms with E-state index in [9.17, 15) is 18.6 Å². The molecule has 3 rings (SSSR count). The first-order valence-corrected chi connectivity index (χ1v) is 12.4. The van der Waals surface area contributed by atoms with Gasteiger partial charge in [0.15, 0.2) is 21.3 Å². The number of rotatable bonds is 11.